The monoisotopic (exact) mass is 293 g/mol. The number of rotatable bonds is 5. The largest absolute Gasteiger partial charge is 0.350 e. The van der Waals surface area contributed by atoms with E-state index in [0.29, 0.717) is 11.4 Å². The van der Waals surface area contributed by atoms with Crippen LogP contribution in [0, 0.1) is 0 Å². The lowest BCUT2D eigenvalue weighted by molar-refractivity contribution is -0.121. The van der Waals surface area contributed by atoms with Crippen LogP contribution in [0.1, 0.15) is 30.5 Å². The van der Waals surface area contributed by atoms with Gasteiger partial charge in [0.25, 0.3) is 0 Å². The molecule has 0 spiro atoms. The van der Waals surface area contributed by atoms with Crippen molar-refractivity contribution in [3.05, 3.63) is 57.2 Å². The third-order valence-electron chi connectivity index (χ3n) is 2.95. The molecule has 0 radical (unpaired) electrons. The van der Waals surface area contributed by atoms with Gasteiger partial charge in [-0.25, -0.2) is 0 Å². The van der Waals surface area contributed by atoms with Crippen LogP contribution >= 0.6 is 22.9 Å². The maximum absolute atomic E-state index is 11.9. The van der Waals surface area contributed by atoms with Crippen LogP contribution in [-0.4, -0.2) is 5.91 Å². The molecule has 1 aromatic carbocycles. The molecule has 100 valence electrons. The molecule has 1 aromatic heterocycles. The van der Waals surface area contributed by atoms with E-state index in [4.69, 9.17) is 11.6 Å². The number of carbonyl (C=O) groups excluding carboxylic acids is 1. The Morgan fingerprint density at radius 1 is 1.42 bits per heavy atom. The molecule has 1 atom stereocenters. The lowest BCUT2D eigenvalue weighted by atomic mass is 10.1. The van der Waals surface area contributed by atoms with Crippen molar-refractivity contribution in [3.8, 4) is 0 Å². The van der Waals surface area contributed by atoms with Crippen molar-refractivity contribution in [3.63, 3.8) is 0 Å². The molecule has 1 unspecified atom stereocenters. The molecule has 0 saturated heterocycles. The first kappa shape index (κ1) is 14.1. The van der Waals surface area contributed by atoms with Crippen molar-refractivity contribution in [2.75, 3.05) is 0 Å². The number of halogens is 1. The van der Waals surface area contributed by atoms with Crippen LogP contribution in [0.15, 0.2) is 41.1 Å². The molecule has 2 aromatic rings. The van der Waals surface area contributed by atoms with Gasteiger partial charge in [0.1, 0.15) is 0 Å². The van der Waals surface area contributed by atoms with Crippen LogP contribution in [0.4, 0.5) is 0 Å². The molecule has 2 rings (SSSR count). The third kappa shape index (κ3) is 4.37. The summed E-state index contributed by atoms with van der Waals surface area (Å²) in [5.74, 6) is 0.0682. The lowest BCUT2D eigenvalue weighted by Gasteiger charge is -2.14. The van der Waals surface area contributed by atoms with Crippen LogP contribution < -0.4 is 5.32 Å². The zero-order chi connectivity index (χ0) is 13.7. The first-order valence-corrected chi connectivity index (χ1v) is 7.53. The molecule has 0 aliphatic heterocycles. The fourth-order valence-corrected chi connectivity index (χ4v) is 2.77. The molecule has 0 fully saturated rings. The molecule has 19 heavy (non-hydrogen) atoms. The smallest absolute Gasteiger partial charge is 0.220 e. The molecule has 2 nitrogen and oxygen atoms in total. The number of amides is 1. The minimum Gasteiger partial charge on any atom is -0.350 e. The Hall–Kier alpha value is -1.32. The van der Waals surface area contributed by atoms with Gasteiger partial charge in [0.05, 0.1) is 6.04 Å². The van der Waals surface area contributed by atoms with E-state index < -0.39 is 0 Å². The third-order valence-corrected chi connectivity index (χ3v) is 3.91. The van der Waals surface area contributed by atoms with E-state index in [1.165, 1.54) is 5.56 Å². The SMILES string of the molecule is CC(NC(=O)CCc1ccsc1)c1cccc(Cl)c1. The molecule has 0 aliphatic rings. The Labute approximate surface area is 122 Å². The van der Waals surface area contributed by atoms with Crippen LogP contribution in [0.3, 0.4) is 0 Å². The van der Waals surface area contributed by atoms with Crippen LogP contribution in [0.2, 0.25) is 5.02 Å². The van der Waals surface area contributed by atoms with Gasteiger partial charge in [-0.2, -0.15) is 11.3 Å². The fourth-order valence-electron chi connectivity index (χ4n) is 1.87. The summed E-state index contributed by atoms with van der Waals surface area (Å²) < 4.78 is 0. The average Bonchev–Trinajstić information content (AvgIpc) is 2.89. The number of hydrogen-bond donors (Lipinski definition) is 1. The van der Waals surface area contributed by atoms with Gasteiger partial charge < -0.3 is 5.32 Å². The summed E-state index contributed by atoms with van der Waals surface area (Å²) in [5.41, 5.74) is 2.24. The van der Waals surface area contributed by atoms with E-state index >= 15 is 0 Å². The van der Waals surface area contributed by atoms with Crippen molar-refractivity contribution in [1.82, 2.24) is 5.32 Å². The van der Waals surface area contributed by atoms with Crippen molar-refractivity contribution in [2.24, 2.45) is 0 Å². The van der Waals surface area contributed by atoms with Crippen molar-refractivity contribution < 1.29 is 4.79 Å². The Kier molecular flexibility index (Phi) is 5.00. The van der Waals surface area contributed by atoms with Gasteiger partial charge in [-0.3, -0.25) is 4.79 Å². The summed E-state index contributed by atoms with van der Waals surface area (Å²) in [7, 11) is 0. The maximum Gasteiger partial charge on any atom is 0.220 e. The second-order valence-corrected chi connectivity index (χ2v) is 5.69. The highest BCUT2D eigenvalue weighted by molar-refractivity contribution is 7.07. The highest BCUT2D eigenvalue weighted by Crippen LogP contribution is 2.17. The van der Waals surface area contributed by atoms with E-state index in [1.807, 2.05) is 36.6 Å². The quantitative estimate of drug-likeness (QED) is 0.879. The summed E-state index contributed by atoms with van der Waals surface area (Å²) in [4.78, 5) is 11.9. The van der Waals surface area contributed by atoms with Crippen LogP contribution in [0.25, 0.3) is 0 Å². The van der Waals surface area contributed by atoms with E-state index in [2.05, 4.69) is 16.8 Å². The van der Waals surface area contributed by atoms with E-state index in [0.717, 1.165) is 12.0 Å². The van der Waals surface area contributed by atoms with Crippen molar-refractivity contribution >= 4 is 28.8 Å². The van der Waals surface area contributed by atoms with Gasteiger partial charge >= 0.3 is 0 Å². The number of aryl methyl sites for hydroxylation is 1. The second kappa shape index (κ2) is 6.73. The van der Waals surface area contributed by atoms with Gasteiger partial charge in [-0.15, -0.1) is 0 Å². The Morgan fingerprint density at radius 2 is 2.26 bits per heavy atom. The van der Waals surface area contributed by atoms with Crippen molar-refractivity contribution in [1.29, 1.82) is 0 Å². The number of carbonyl (C=O) groups is 1. The van der Waals surface area contributed by atoms with Gasteiger partial charge in [0.15, 0.2) is 0 Å². The van der Waals surface area contributed by atoms with Gasteiger partial charge in [-0.05, 0) is 53.4 Å². The first-order chi connectivity index (χ1) is 9.15. The lowest BCUT2D eigenvalue weighted by Crippen LogP contribution is -2.26. The summed E-state index contributed by atoms with van der Waals surface area (Å²) >= 11 is 7.60. The maximum atomic E-state index is 11.9. The van der Waals surface area contributed by atoms with E-state index in [-0.39, 0.29) is 11.9 Å². The molecule has 0 aliphatic carbocycles. The van der Waals surface area contributed by atoms with E-state index in [1.54, 1.807) is 11.3 Å². The molecule has 1 amide bonds. The van der Waals surface area contributed by atoms with Crippen molar-refractivity contribution in [2.45, 2.75) is 25.8 Å². The summed E-state index contributed by atoms with van der Waals surface area (Å²) in [6.45, 7) is 1.97. The molecule has 4 heteroatoms. The topological polar surface area (TPSA) is 29.1 Å². The molecule has 0 bridgehead atoms. The Morgan fingerprint density at radius 3 is 2.95 bits per heavy atom. The summed E-state index contributed by atoms with van der Waals surface area (Å²) in [5, 5.41) is 7.79. The van der Waals surface area contributed by atoms with Gasteiger partial charge in [0.2, 0.25) is 5.91 Å². The predicted molar refractivity (Wildman–Crippen MR) is 80.6 cm³/mol. The number of nitrogens with one attached hydrogen (secondary N) is 1. The van der Waals surface area contributed by atoms with E-state index in [9.17, 15) is 4.79 Å². The van der Waals surface area contributed by atoms with Crippen LogP contribution in [-0.2, 0) is 11.2 Å². The summed E-state index contributed by atoms with van der Waals surface area (Å²) in [6.07, 6.45) is 1.30. The predicted octanol–water partition coefficient (Wildman–Crippen LogP) is 4.21. The highest BCUT2D eigenvalue weighted by atomic mass is 35.5. The molecular weight excluding hydrogens is 278 g/mol. The number of thiophene rings is 1. The molecule has 1 N–H and O–H groups in total. The molecule has 0 saturated carbocycles. The minimum atomic E-state index is -0.0197. The molecular formula is C15H16ClNOS. The Bertz CT molecular complexity index is 539. The average molecular weight is 294 g/mol. The van der Waals surface area contributed by atoms with Gasteiger partial charge in [-0.1, -0.05) is 23.7 Å². The zero-order valence-electron chi connectivity index (χ0n) is 10.7. The Balaban J connectivity index is 1.84. The summed E-state index contributed by atoms with van der Waals surface area (Å²) in [6, 6.07) is 9.61. The van der Waals surface area contributed by atoms with Crippen LogP contribution in [0.5, 0.6) is 0 Å². The second-order valence-electron chi connectivity index (χ2n) is 4.48. The number of benzene rings is 1. The first-order valence-electron chi connectivity index (χ1n) is 6.21. The fraction of sp³-hybridized carbons (Fsp3) is 0.267. The standard InChI is InChI=1S/C15H16ClNOS/c1-11(13-3-2-4-14(16)9-13)17-15(18)6-5-12-7-8-19-10-12/h2-4,7-11H,5-6H2,1H3,(H,17,18). The normalized spacial score (nSPS) is 12.1. The number of hydrogen-bond acceptors (Lipinski definition) is 2. The molecule has 1 heterocycles. The zero-order valence-corrected chi connectivity index (χ0v) is 12.3. The van der Waals surface area contributed by atoms with Gasteiger partial charge in [0, 0.05) is 11.4 Å². The minimum absolute atomic E-state index is 0.0197. The highest BCUT2D eigenvalue weighted by Gasteiger charge is 2.09.